The Morgan fingerprint density at radius 1 is 1.25 bits per heavy atom. The van der Waals surface area contributed by atoms with E-state index in [1.807, 2.05) is 13.0 Å². The molecule has 108 valence electrons. The summed E-state index contributed by atoms with van der Waals surface area (Å²) >= 11 is 0. The normalized spacial score (nSPS) is 13.8. The first-order chi connectivity index (χ1) is 9.78. The summed E-state index contributed by atoms with van der Waals surface area (Å²) in [5, 5.41) is 0. The number of allylic oxidation sites excluding steroid dienone is 1. The predicted octanol–water partition coefficient (Wildman–Crippen LogP) is 3.16. The summed E-state index contributed by atoms with van der Waals surface area (Å²) < 4.78 is 5.01. The van der Waals surface area contributed by atoms with E-state index in [1.165, 1.54) is 24.0 Å². The molecule has 3 nitrogen and oxygen atoms in total. The quantitative estimate of drug-likeness (QED) is 0.538. The molecule has 0 heterocycles. The first-order valence-electron chi connectivity index (χ1n) is 7.37. The van der Waals surface area contributed by atoms with Crippen LogP contribution in [0.5, 0.6) is 0 Å². The maximum absolute atomic E-state index is 11.5. The number of hydrogen-bond donors (Lipinski definition) is 0. The van der Waals surface area contributed by atoms with Gasteiger partial charge in [-0.05, 0) is 25.3 Å². The van der Waals surface area contributed by atoms with Crippen molar-refractivity contribution in [3.63, 3.8) is 0 Å². The van der Waals surface area contributed by atoms with Gasteiger partial charge in [-0.3, -0.25) is 9.69 Å². The number of nitrogens with zero attached hydrogens (tertiary/aromatic N) is 1. The largest absolute Gasteiger partial charge is 0.466 e. The average molecular weight is 273 g/mol. The van der Waals surface area contributed by atoms with Gasteiger partial charge in [-0.1, -0.05) is 42.0 Å². The van der Waals surface area contributed by atoms with E-state index in [0.717, 1.165) is 19.6 Å². The van der Waals surface area contributed by atoms with Gasteiger partial charge < -0.3 is 4.74 Å². The second-order valence-corrected chi connectivity index (χ2v) is 5.15. The number of carbonyl (C=O) groups is 1. The second kappa shape index (κ2) is 7.85. The maximum Gasteiger partial charge on any atom is 0.307 e. The van der Waals surface area contributed by atoms with E-state index < -0.39 is 0 Å². The smallest absolute Gasteiger partial charge is 0.307 e. The zero-order chi connectivity index (χ0) is 14.2. The summed E-state index contributed by atoms with van der Waals surface area (Å²) in [5.41, 5.74) is 2.78. The summed E-state index contributed by atoms with van der Waals surface area (Å²) in [4.78, 5) is 13.8. The monoisotopic (exact) mass is 273 g/mol. The molecule has 0 N–H and O–H groups in total. The van der Waals surface area contributed by atoms with Crippen molar-refractivity contribution < 1.29 is 9.53 Å². The van der Waals surface area contributed by atoms with Crippen LogP contribution < -0.4 is 0 Å². The van der Waals surface area contributed by atoms with Crippen LogP contribution in [0.15, 0.2) is 42.0 Å². The van der Waals surface area contributed by atoms with Crippen LogP contribution in [0.1, 0.15) is 31.7 Å². The third-order valence-electron chi connectivity index (χ3n) is 3.51. The minimum atomic E-state index is -0.104. The number of ether oxygens (including phenoxy) is 1. The molecule has 0 bridgehead atoms. The number of esters is 1. The SMILES string of the molecule is CCOC(=O)CCN(CC1=CCC1)Cc1ccccc1. The second-order valence-electron chi connectivity index (χ2n) is 5.15. The summed E-state index contributed by atoms with van der Waals surface area (Å²) in [7, 11) is 0. The Bertz CT molecular complexity index is 453. The molecular formula is C17H23NO2. The number of carbonyl (C=O) groups excluding carboxylic acids is 1. The molecule has 3 heteroatoms. The van der Waals surface area contributed by atoms with Gasteiger partial charge in [-0.15, -0.1) is 0 Å². The van der Waals surface area contributed by atoms with Crippen LogP contribution in [0.25, 0.3) is 0 Å². The standard InChI is InChI=1S/C17H23NO2/c1-2-20-17(19)11-12-18(14-16-9-6-10-16)13-15-7-4-3-5-8-15/h3-5,7-9H,2,6,10-14H2,1H3. The van der Waals surface area contributed by atoms with Gasteiger partial charge in [0.15, 0.2) is 0 Å². The third-order valence-corrected chi connectivity index (χ3v) is 3.51. The van der Waals surface area contributed by atoms with Gasteiger partial charge in [0.2, 0.25) is 0 Å². The van der Waals surface area contributed by atoms with Crippen LogP contribution in [-0.4, -0.2) is 30.6 Å². The number of hydrogen-bond acceptors (Lipinski definition) is 3. The molecule has 0 spiro atoms. The van der Waals surface area contributed by atoms with Crippen molar-refractivity contribution in [2.75, 3.05) is 19.7 Å². The first kappa shape index (κ1) is 14.8. The summed E-state index contributed by atoms with van der Waals surface area (Å²) in [6.45, 7) is 4.92. The van der Waals surface area contributed by atoms with Crippen LogP contribution >= 0.6 is 0 Å². The number of rotatable bonds is 8. The van der Waals surface area contributed by atoms with Gasteiger partial charge in [-0.2, -0.15) is 0 Å². The van der Waals surface area contributed by atoms with Crippen LogP contribution in [0.2, 0.25) is 0 Å². The lowest BCUT2D eigenvalue weighted by Gasteiger charge is -2.26. The van der Waals surface area contributed by atoms with Crippen LogP contribution in [0, 0.1) is 0 Å². The van der Waals surface area contributed by atoms with E-state index in [1.54, 1.807) is 0 Å². The molecule has 20 heavy (non-hydrogen) atoms. The van der Waals surface area contributed by atoms with Crippen molar-refractivity contribution in [1.82, 2.24) is 4.90 Å². The lowest BCUT2D eigenvalue weighted by Crippen LogP contribution is -2.29. The molecule has 1 aromatic rings. The molecule has 1 aliphatic carbocycles. The zero-order valence-corrected chi connectivity index (χ0v) is 12.2. The van der Waals surface area contributed by atoms with Gasteiger partial charge in [0, 0.05) is 19.6 Å². The molecular weight excluding hydrogens is 250 g/mol. The van der Waals surface area contributed by atoms with Crippen LogP contribution in [0.3, 0.4) is 0 Å². The molecule has 0 unspecified atom stereocenters. The minimum Gasteiger partial charge on any atom is -0.466 e. The zero-order valence-electron chi connectivity index (χ0n) is 12.2. The molecule has 0 saturated carbocycles. The van der Waals surface area contributed by atoms with E-state index in [0.29, 0.717) is 13.0 Å². The van der Waals surface area contributed by atoms with Crippen molar-refractivity contribution in [3.8, 4) is 0 Å². The summed E-state index contributed by atoms with van der Waals surface area (Å²) in [6.07, 6.45) is 5.16. The van der Waals surface area contributed by atoms with Crippen molar-refractivity contribution in [1.29, 1.82) is 0 Å². The number of benzene rings is 1. The molecule has 0 amide bonds. The van der Waals surface area contributed by atoms with Gasteiger partial charge >= 0.3 is 5.97 Å². The fourth-order valence-electron chi connectivity index (χ4n) is 2.32. The molecule has 1 aromatic carbocycles. The topological polar surface area (TPSA) is 29.5 Å². The van der Waals surface area contributed by atoms with Crippen molar-refractivity contribution in [3.05, 3.63) is 47.5 Å². The molecule has 1 aliphatic rings. The lowest BCUT2D eigenvalue weighted by molar-refractivity contribution is -0.143. The van der Waals surface area contributed by atoms with Gasteiger partial charge in [-0.25, -0.2) is 0 Å². The maximum atomic E-state index is 11.5. The van der Waals surface area contributed by atoms with Crippen LogP contribution in [0.4, 0.5) is 0 Å². The van der Waals surface area contributed by atoms with Crippen molar-refractivity contribution in [2.45, 2.75) is 32.7 Å². The Morgan fingerprint density at radius 3 is 2.60 bits per heavy atom. The molecule has 2 rings (SSSR count). The van der Waals surface area contributed by atoms with Crippen LogP contribution in [-0.2, 0) is 16.1 Å². The lowest BCUT2D eigenvalue weighted by atomic mass is 9.98. The Morgan fingerprint density at radius 2 is 2.00 bits per heavy atom. The molecule has 0 atom stereocenters. The fourth-order valence-corrected chi connectivity index (χ4v) is 2.32. The Hall–Kier alpha value is -1.61. The summed E-state index contributed by atoms with van der Waals surface area (Å²) in [6, 6.07) is 10.4. The third kappa shape index (κ3) is 4.82. The van der Waals surface area contributed by atoms with E-state index in [2.05, 4.69) is 35.2 Å². The highest BCUT2D eigenvalue weighted by molar-refractivity contribution is 5.69. The highest BCUT2D eigenvalue weighted by atomic mass is 16.5. The van der Waals surface area contributed by atoms with E-state index in [9.17, 15) is 4.79 Å². The van der Waals surface area contributed by atoms with E-state index in [4.69, 9.17) is 4.74 Å². The summed E-state index contributed by atoms with van der Waals surface area (Å²) in [5.74, 6) is -0.104. The molecule has 0 radical (unpaired) electrons. The van der Waals surface area contributed by atoms with Gasteiger partial charge in [0.1, 0.15) is 0 Å². The molecule has 0 fully saturated rings. The van der Waals surface area contributed by atoms with E-state index in [-0.39, 0.29) is 5.97 Å². The molecule has 0 saturated heterocycles. The highest BCUT2D eigenvalue weighted by Crippen LogP contribution is 2.20. The Labute approximate surface area is 121 Å². The highest BCUT2D eigenvalue weighted by Gasteiger charge is 2.14. The van der Waals surface area contributed by atoms with Gasteiger partial charge in [0.05, 0.1) is 13.0 Å². The predicted molar refractivity (Wildman–Crippen MR) is 80.3 cm³/mol. The Balaban J connectivity index is 1.88. The average Bonchev–Trinajstić information content (AvgIpc) is 2.41. The Kier molecular flexibility index (Phi) is 5.81. The van der Waals surface area contributed by atoms with Crippen molar-refractivity contribution >= 4 is 5.97 Å². The first-order valence-corrected chi connectivity index (χ1v) is 7.37. The van der Waals surface area contributed by atoms with Gasteiger partial charge in [0.25, 0.3) is 0 Å². The van der Waals surface area contributed by atoms with E-state index >= 15 is 0 Å². The minimum absolute atomic E-state index is 0.104. The fraction of sp³-hybridized carbons (Fsp3) is 0.471. The molecule has 0 aromatic heterocycles. The molecule has 0 aliphatic heterocycles. The van der Waals surface area contributed by atoms with Crippen molar-refractivity contribution in [2.24, 2.45) is 0 Å².